The fraction of sp³-hybridized carbons (Fsp3) is 0.436. The van der Waals surface area contributed by atoms with E-state index in [1.54, 1.807) is 29.2 Å². The van der Waals surface area contributed by atoms with E-state index in [-0.39, 0.29) is 28.9 Å². The van der Waals surface area contributed by atoms with Crippen LogP contribution in [0.4, 0.5) is 4.39 Å². The average molecular weight is 654 g/mol. The number of aromatic amines is 1. The van der Waals surface area contributed by atoms with Gasteiger partial charge in [-0.2, -0.15) is 5.10 Å². The van der Waals surface area contributed by atoms with Gasteiger partial charge in [-0.25, -0.2) is 9.49 Å². The lowest BCUT2D eigenvalue weighted by atomic mass is 9.96. The van der Waals surface area contributed by atoms with Gasteiger partial charge < -0.3 is 10.2 Å². The molecular formula is C39H48FN5O3. The Labute approximate surface area is 282 Å². The van der Waals surface area contributed by atoms with Crippen LogP contribution in [0.3, 0.4) is 0 Å². The van der Waals surface area contributed by atoms with Crippen LogP contribution in [0, 0.1) is 11.7 Å². The molecule has 0 bridgehead atoms. The largest absolute Gasteiger partial charge is 0.356 e. The maximum absolute atomic E-state index is 14.9. The number of H-pyrrole nitrogens is 1. The van der Waals surface area contributed by atoms with Crippen molar-refractivity contribution >= 4 is 22.6 Å². The first-order valence-electron chi connectivity index (χ1n) is 17.3. The molecule has 48 heavy (non-hydrogen) atoms. The Bertz CT molecular complexity index is 1750. The molecule has 254 valence electrons. The summed E-state index contributed by atoms with van der Waals surface area (Å²) < 4.78 is 14.9. The number of piperazine rings is 1. The van der Waals surface area contributed by atoms with Crippen LogP contribution in [0.2, 0.25) is 0 Å². The number of carbonyl (C=O) groups is 2. The van der Waals surface area contributed by atoms with Gasteiger partial charge in [0.25, 0.3) is 11.5 Å². The molecule has 1 saturated heterocycles. The molecule has 0 aliphatic carbocycles. The van der Waals surface area contributed by atoms with Crippen LogP contribution in [-0.2, 0) is 17.6 Å². The van der Waals surface area contributed by atoms with E-state index in [1.165, 1.54) is 11.6 Å². The van der Waals surface area contributed by atoms with Gasteiger partial charge in [-0.05, 0) is 73.5 Å². The quantitative estimate of drug-likeness (QED) is 0.161. The molecule has 3 aromatic carbocycles. The number of nitrogens with one attached hydrogen (secondary N) is 2. The lowest BCUT2D eigenvalue weighted by molar-refractivity contribution is -0.122. The highest BCUT2D eigenvalue weighted by Gasteiger charge is 2.24. The summed E-state index contributed by atoms with van der Waals surface area (Å²) in [5.74, 6) is -0.309. The lowest BCUT2D eigenvalue weighted by Gasteiger charge is -2.35. The zero-order chi connectivity index (χ0) is 34.0. The fourth-order valence-electron chi connectivity index (χ4n) is 6.43. The number of benzene rings is 3. The minimum Gasteiger partial charge on any atom is -0.356 e. The number of hydrogen-bond acceptors (Lipinski definition) is 5. The number of aromatic nitrogens is 2. The maximum atomic E-state index is 14.9. The summed E-state index contributed by atoms with van der Waals surface area (Å²) in [6, 6.07) is 20.3. The molecule has 1 fully saturated rings. The van der Waals surface area contributed by atoms with E-state index in [0.29, 0.717) is 43.1 Å². The highest BCUT2D eigenvalue weighted by molar-refractivity contribution is 5.95. The van der Waals surface area contributed by atoms with Gasteiger partial charge in [-0.3, -0.25) is 19.3 Å². The molecule has 2 amide bonds. The number of carbonyl (C=O) groups excluding carboxylic acids is 2. The Balaban J connectivity index is 1.00. The van der Waals surface area contributed by atoms with Gasteiger partial charge in [0, 0.05) is 44.5 Å². The third-order valence-corrected chi connectivity index (χ3v) is 9.28. The Morgan fingerprint density at radius 3 is 2.29 bits per heavy atom. The summed E-state index contributed by atoms with van der Waals surface area (Å²) in [4.78, 5) is 42.2. The highest BCUT2D eigenvalue weighted by Crippen LogP contribution is 2.21. The molecule has 0 radical (unpaired) electrons. The first-order chi connectivity index (χ1) is 23.2. The first-order valence-corrected chi connectivity index (χ1v) is 17.3. The van der Waals surface area contributed by atoms with Crippen molar-refractivity contribution in [1.82, 2.24) is 25.3 Å². The minimum absolute atomic E-state index is 0.0655. The van der Waals surface area contributed by atoms with Crippen LogP contribution in [-0.4, -0.2) is 71.1 Å². The molecule has 1 aromatic heterocycles. The van der Waals surface area contributed by atoms with Crippen molar-refractivity contribution in [3.05, 3.63) is 111 Å². The van der Waals surface area contributed by atoms with Crippen LogP contribution >= 0.6 is 0 Å². The number of unbranched alkanes of at least 4 members (excludes halogenated alkanes) is 3. The molecule has 0 spiro atoms. The van der Waals surface area contributed by atoms with Crippen molar-refractivity contribution in [2.24, 2.45) is 5.92 Å². The smallest absolute Gasteiger partial charge is 0.272 e. The number of nitrogens with zero attached hydrogens (tertiary/aromatic N) is 3. The number of rotatable bonds is 14. The summed E-state index contributed by atoms with van der Waals surface area (Å²) in [5, 5.41) is 11.1. The molecule has 8 nitrogen and oxygen atoms in total. The molecule has 2 N–H and O–H groups in total. The van der Waals surface area contributed by atoms with Crippen LogP contribution in [0.1, 0.15) is 85.1 Å². The second-order valence-corrected chi connectivity index (χ2v) is 13.4. The summed E-state index contributed by atoms with van der Waals surface area (Å²) in [6.07, 6.45) is 5.56. The SMILES string of the molecule is CC(C)Cc1ccc([C@H](C)C(=O)NCCCCCCN2CCN(C(=O)c3cc(Cc4n[nH]c(=O)c5ccccc45)ccc3F)CC2)cc1. The molecule has 1 aliphatic heterocycles. The fourth-order valence-corrected chi connectivity index (χ4v) is 6.43. The number of amides is 2. The van der Waals surface area contributed by atoms with E-state index >= 15 is 0 Å². The molecule has 1 atom stereocenters. The van der Waals surface area contributed by atoms with E-state index in [0.717, 1.165) is 68.3 Å². The third-order valence-electron chi connectivity index (χ3n) is 9.28. The molecule has 0 unspecified atom stereocenters. The topological polar surface area (TPSA) is 98.4 Å². The van der Waals surface area contributed by atoms with Crippen LogP contribution in [0.25, 0.3) is 10.8 Å². The Kier molecular flexibility index (Phi) is 12.1. The van der Waals surface area contributed by atoms with E-state index in [4.69, 9.17) is 0 Å². The first kappa shape index (κ1) is 35.0. The molecular weight excluding hydrogens is 605 g/mol. The van der Waals surface area contributed by atoms with Gasteiger partial charge in [0.2, 0.25) is 5.91 Å². The summed E-state index contributed by atoms with van der Waals surface area (Å²) in [5.41, 5.74) is 3.59. The standard InChI is InChI=1S/C39H48FN5O3/c1-27(2)24-29-12-15-31(16-13-29)28(3)37(46)41-18-8-4-5-9-19-44-20-22-45(23-21-44)39(48)34-25-30(14-17-35(34)40)26-36-32-10-6-7-11-33(32)38(47)43-42-36/h6-7,10-17,25,27-28H,4-5,8-9,18-24,26H2,1-3H3,(H,41,46)(H,43,47)/t28-/m0/s1. The van der Waals surface area contributed by atoms with E-state index in [1.807, 2.05) is 19.1 Å². The van der Waals surface area contributed by atoms with Crippen LogP contribution in [0.15, 0.2) is 71.5 Å². The molecule has 4 aromatic rings. The number of fused-ring (bicyclic) bond motifs is 1. The number of hydrogen-bond donors (Lipinski definition) is 2. The van der Waals surface area contributed by atoms with Crippen molar-refractivity contribution < 1.29 is 14.0 Å². The Hall–Kier alpha value is -4.37. The Morgan fingerprint density at radius 1 is 0.875 bits per heavy atom. The molecule has 5 rings (SSSR count). The highest BCUT2D eigenvalue weighted by atomic mass is 19.1. The second-order valence-electron chi connectivity index (χ2n) is 13.4. The molecule has 9 heteroatoms. The predicted molar refractivity (Wildman–Crippen MR) is 189 cm³/mol. The zero-order valence-electron chi connectivity index (χ0n) is 28.4. The van der Waals surface area contributed by atoms with Gasteiger partial charge in [0.1, 0.15) is 5.82 Å². The van der Waals surface area contributed by atoms with Crippen LogP contribution in [0.5, 0.6) is 0 Å². The van der Waals surface area contributed by atoms with Gasteiger partial charge in [0.15, 0.2) is 0 Å². The second kappa shape index (κ2) is 16.6. The van der Waals surface area contributed by atoms with E-state index in [9.17, 15) is 18.8 Å². The van der Waals surface area contributed by atoms with E-state index in [2.05, 4.69) is 58.5 Å². The van der Waals surface area contributed by atoms with Gasteiger partial charge in [-0.1, -0.05) is 75.2 Å². The average Bonchev–Trinajstić information content (AvgIpc) is 3.09. The zero-order valence-corrected chi connectivity index (χ0v) is 28.4. The normalized spacial score (nSPS) is 14.4. The van der Waals surface area contributed by atoms with Crippen molar-refractivity contribution in [2.75, 3.05) is 39.3 Å². The minimum atomic E-state index is -0.535. The van der Waals surface area contributed by atoms with Gasteiger partial charge >= 0.3 is 0 Å². The van der Waals surface area contributed by atoms with Crippen molar-refractivity contribution in [3.8, 4) is 0 Å². The van der Waals surface area contributed by atoms with Crippen LogP contribution < -0.4 is 10.9 Å². The molecule has 2 heterocycles. The third kappa shape index (κ3) is 9.16. The number of halogens is 1. The van der Waals surface area contributed by atoms with Crippen molar-refractivity contribution in [2.45, 2.75) is 65.2 Å². The van der Waals surface area contributed by atoms with Gasteiger partial charge in [-0.15, -0.1) is 0 Å². The molecule has 0 saturated carbocycles. The van der Waals surface area contributed by atoms with Crippen molar-refractivity contribution in [3.63, 3.8) is 0 Å². The lowest BCUT2D eigenvalue weighted by Crippen LogP contribution is -2.49. The molecule has 1 aliphatic rings. The van der Waals surface area contributed by atoms with E-state index < -0.39 is 5.82 Å². The van der Waals surface area contributed by atoms with Gasteiger partial charge in [0.05, 0.1) is 22.6 Å². The predicted octanol–water partition coefficient (Wildman–Crippen LogP) is 6.09. The Morgan fingerprint density at radius 2 is 1.56 bits per heavy atom. The maximum Gasteiger partial charge on any atom is 0.272 e. The summed E-state index contributed by atoms with van der Waals surface area (Å²) in [7, 11) is 0. The summed E-state index contributed by atoms with van der Waals surface area (Å²) >= 11 is 0. The summed E-state index contributed by atoms with van der Waals surface area (Å²) in [6.45, 7) is 10.7. The monoisotopic (exact) mass is 653 g/mol. The van der Waals surface area contributed by atoms with Crippen molar-refractivity contribution in [1.29, 1.82) is 0 Å².